The van der Waals surface area contributed by atoms with E-state index < -0.39 is 0 Å². The lowest BCUT2D eigenvalue weighted by Gasteiger charge is -2.36. The van der Waals surface area contributed by atoms with Crippen LogP contribution in [0.2, 0.25) is 0 Å². The van der Waals surface area contributed by atoms with Crippen LogP contribution >= 0.6 is 0 Å². The minimum absolute atomic E-state index is 0.131. The van der Waals surface area contributed by atoms with Crippen molar-refractivity contribution in [1.29, 1.82) is 0 Å². The molecule has 0 saturated carbocycles. The molecule has 1 saturated heterocycles. The van der Waals surface area contributed by atoms with Crippen molar-refractivity contribution < 1.29 is 4.79 Å². The number of carbonyl (C=O) groups excluding carboxylic acids is 1. The molecule has 0 aromatic heterocycles. The van der Waals surface area contributed by atoms with Crippen LogP contribution < -0.4 is 4.90 Å². The first kappa shape index (κ1) is 12.7. The van der Waals surface area contributed by atoms with Gasteiger partial charge in [0.2, 0.25) is 0 Å². The number of amides is 1. The van der Waals surface area contributed by atoms with Crippen molar-refractivity contribution in [2.24, 2.45) is 0 Å². The van der Waals surface area contributed by atoms with Gasteiger partial charge in [0.1, 0.15) is 0 Å². The molecule has 3 rings (SSSR count). The number of nitrogens with zero attached hydrogens (tertiary/aromatic N) is 2. The summed E-state index contributed by atoms with van der Waals surface area (Å²) < 4.78 is 0. The van der Waals surface area contributed by atoms with Gasteiger partial charge in [-0.25, -0.2) is 0 Å². The maximum atomic E-state index is 12.3. The highest BCUT2D eigenvalue weighted by Crippen LogP contribution is 2.16. The number of hydrogen-bond acceptors (Lipinski definition) is 2. The van der Waals surface area contributed by atoms with Crippen LogP contribution in [-0.2, 0) is 0 Å². The van der Waals surface area contributed by atoms with Crippen molar-refractivity contribution >= 4 is 11.6 Å². The number of benzene rings is 2. The van der Waals surface area contributed by atoms with Crippen molar-refractivity contribution in [2.45, 2.75) is 0 Å². The SMILES string of the molecule is O=C(c1ccccc1)N1CCN(c2cc[c]cc2)CC1. The molecule has 1 fully saturated rings. The first-order chi connectivity index (χ1) is 9.84. The van der Waals surface area contributed by atoms with Gasteiger partial charge in [0.05, 0.1) is 0 Å². The Balaban J connectivity index is 1.63. The van der Waals surface area contributed by atoms with E-state index in [9.17, 15) is 4.79 Å². The molecule has 3 nitrogen and oxygen atoms in total. The quantitative estimate of drug-likeness (QED) is 0.832. The molecule has 0 aliphatic carbocycles. The van der Waals surface area contributed by atoms with Crippen molar-refractivity contribution in [1.82, 2.24) is 4.90 Å². The lowest BCUT2D eigenvalue weighted by molar-refractivity contribution is 0.0747. The molecule has 1 amide bonds. The van der Waals surface area contributed by atoms with Crippen LogP contribution in [0.3, 0.4) is 0 Å². The Hall–Kier alpha value is -2.29. The molecular weight excluding hydrogens is 248 g/mol. The average molecular weight is 265 g/mol. The van der Waals surface area contributed by atoms with Gasteiger partial charge in [-0.3, -0.25) is 4.79 Å². The molecule has 0 N–H and O–H groups in total. The summed E-state index contributed by atoms with van der Waals surface area (Å²) in [6.07, 6.45) is 0. The topological polar surface area (TPSA) is 23.6 Å². The van der Waals surface area contributed by atoms with E-state index in [4.69, 9.17) is 0 Å². The summed E-state index contributed by atoms with van der Waals surface area (Å²) >= 11 is 0. The Morgan fingerprint density at radius 1 is 0.900 bits per heavy atom. The third kappa shape index (κ3) is 2.67. The number of hydrogen-bond donors (Lipinski definition) is 0. The molecule has 1 aliphatic heterocycles. The third-order valence-corrected chi connectivity index (χ3v) is 3.65. The molecule has 2 aromatic carbocycles. The zero-order valence-corrected chi connectivity index (χ0v) is 11.3. The van der Waals surface area contributed by atoms with E-state index in [0.29, 0.717) is 0 Å². The van der Waals surface area contributed by atoms with Crippen molar-refractivity contribution in [2.75, 3.05) is 31.1 Å². The summed E-state index contributed by atoms with van der Waals surface area (Å²) in [5.41, 5.74) is 1.98. The van der Waals surface area contributed by atoms with Gasteiger partial charge in [0.15, 0.2) is 0 Å². The van der Waals surface area contributed by atoms with Gasteiger partial charge in [-0.1, -0.05) is 30.3 Å². The van der Waals surface area contributed by atoms with Crippen molar-refractivity contribution in [3.63, 3.8) is 0 Å². The highest BCUT2D eigenvalue weighted by molar-refractivity contribution is 5.94. The first-order valence-electron chi connectivity index (χ1n) is 6.90. The van der Waals surface area contributed by atoms with Crippen LogP contribution in [0.1, 0.15) is 10.4 Å². The molecule has 1 heterocycles. The number of carbonyl (C=O) groups is 1. The van der Waals surface area contributed by atoms with Gasteiger partial charge in [0.25, 0.3) is 5.91 Å². The van der Waals surface area contributed by atoms with Gasteiger partial charge < -0.3 is 9.80 Å². The maximum Gasteiger partial charge on any atom is 0.253 e. The van der Waals surface area contributed by atoms with Gasteiger partial charge in [-0.2, -0.15) is 0 Å². The summed E-state index contributed by atoms with van der Waals surface area (Å²) in [5.74, 6) is 0.131. The van der Waals surface area contributed by atoms with E-state index in [-0.39, 0.29) is 5.91 Å². The van der Waals surface area contributed by atoms with Crippen LogP contribution in [0.5, 0.6) is 0 Å². The normalized spacial score (nSPS) is 15.2. The fourth-order valence-electron chi connectivity index (χ4n) is 2.52. The predicted molar refractivity (Wildman–Crippen MR) is 79.8 cm³/mol. The predicted octanol–water partition coefficient (Wildman–Crippen LogP) is 2.45. The third-order valence-electron chi connectivity index (χ3n) is 3.65. The Bertz CT molecular complexity index is 560. The van der Waals surface area contributed by atoms with Crippen LogP contribution in [0, 0.1) is 6.07 Å². The lowest BCUT2D eigenvalue weighted by Crippen LogP contribution is -2.48. The Morgan fingerprint density at radius 3 is 2.20 bits per heavy atom. The average Bonchev–Trinajstić information content (AvgIpc) is 2.56. The molecule has 2 aromatic rings. The standard InChI is InChI=1S/C17H17N2O/c20-17(15-7-3-1-4-8-15)19-13-11-18(12-14-19)16-9-5-2-6-10-16/h1,3-10H,11-14H2. The van der Waals surface area contributed by atoms with Gasteiger partial charge in [-0.05, 0) is 30.3 Å². The molecule has 3 heteroatoms. The largest absolute Gasteiger partial charge is 0.368 e. The smallest absolute Gasteiger partial charge is 0.253 e. The Morgan fingerprint density at radius 2 is 1.55 bits per heavy atom. The monoisotopic (exact) mass is 265 g/mol. The molecule has 1 aliphatic rings. The summed E-state index contributed by atoms with van der Waals surface area (Å²) in [4.78, 5) is 16.6. The molecule has 0 unspecified atom stereocenters. The number of rotatable bonds is 2. The van der Waals surface area contributed by atoms with E-state index >= 15 is 0 Å². The van der Waals surface area contributed by atoms with Gasteiger partial charge in [-0.15, -0.1) is 0 Å². The van der Waals surface area contributed by atoms with Crippen LogP contribution in [0.15, 0.2) is 54.6 Å². The zero-order valence-electron chi connectivity index (χ0n) is 11.3. The fraction of sp³-hybridized carbons (Fsp3) is 0.235. The molecule has 1 radical (unpaired) electrons. The second-order valence-corrected chi connectivity index (χ2v) is 4.90. The molecule has 20 heavy (non-hydrogen) atoms. The fourth-order valence-corrected chi connectivity index (χ4v) is 2.52. The van der Waals surface area contributed by atoms with Crippen LogP contribution in [0.25, 0.3) is 0 Å². The van der Waals surface area contributed by atoms with Crippen molar-refractivity contribution in [3.05, 3.63) is 66.2 Å². The molecule has 0 bridgehead atoms. The van der Waals surface area contributed by atoms with Crippen LogP contribution in [0.4, 0.5) is 5.69 Å². The van der Waals surface area contributed by atoms with E-state index in [0.717, 1.165) is 31.7 Å². The van der Waals surface area contributed by atoms with E-state index in [2.05, 4.69) is 23.1 Å². The second-order valence-electron chi connectivity index (χ2n) is 4.90. The summed E-state index contributed by atoms with van der Waals surface area (Å²) in [5, 5.41) is 0. The number of anilines is 1. The minimum Gasteiger partial charge on any atom is -0.368 e. The maximum absolute atomic E-state index is 12.3. The highest BCUT2D eigenvalue weighted by Gasteiger charge is 2.21. The van der Waals surface area contributed by atoms with E-state index in [1.807, 2.05) is 47.4 Å². The Kier molecular flexibility index (Phi) is 3.68. The lowest BCUT2D eigenvalue weighted by atomic mass is 10.1. The summed E-state index contributed by atoms with van der Waals surface area (Å²) in [7, 11) is 0. The van der Waals surface area contributed by atoms with Gasteiger partial charge >= 0.3 is 0 Å². The molecule has 0 spiro atoms. The zero-order chi connectivity index (χ0) is 13.8. The highest BCUT2D eigenvalue weighted by atomic mass is 16.2. The number of piperazine rings is 1. The summed E-state index contributed by atoms with van der Waals surface area (Å²) in [6, 6.07) is 20.5. The summed E-state index contributed by atoms with van der Waals surface area (Å²) in [6.45, 7) is 3.30. The first-order valence-corrected chi connectivity index (χ1v) is 6.90. The van der Waals surface area contributed by atoms with E-state index in [1.165, 1.54) is 5.69 Å². The van der Waals surface area contributed by atoms with Crippen molar-refractivity contribution in [3.8, 4) is 0 Å². The van der Waals surface area contributed by atoms with Gasteiger partial charge in [0, 0.05) is 37.4 Å². The van der Waals surface area contributed by atoms with E-state index in [1.54, 1.807) is 0 Å². The molecule has 101 valence electrons. The molecular formula is C17H17N2O. The second kappa shape index (κ2) is 5.78. The Labute approximate surface area is 119 Å². The minimum atomic E-state index is 0.131. The molecule has 0 atom stereocenters. The van der Waals surface area contributed by atoms with Crippen LogP contribution in [-0.4, -0.2) is 37.0 Å².